The van der Waals surface area contributed by atoms with Gasteiger partial charge in [0.15, 0.2) is 0 Å². The van der Waals surface area contributed by atoms with Crippen molar-refractivity contribution < 1.29 is 19.1 Å². The summed E-state index contributed by atoms with van der Waals surface area (Å²) in [7, 11) is 1.29. The second-order valence-corrected chi connectivity index (χ2v) is 6.82. The first-order chi connectivity index (χ1) is 13.5. The monoisotopic (exact) mass is 402 g/mol. The van der Waals surface area contributed by atoms with E-state index in [1.54, 1.807) is 30.3 Å². The van der Waals surface area contributed by atoms with E-state index < -0.39 is 6.09 Å². The maximum Gasteiger partial charge on any atom is 0.411 e. The van der Waals surface area contributed by atoms with Gasteiger partial charge in [-0.1, -0.05) is 24.3 Å². The maximum atomic E-state index is 12.2. The van der Waals surface area contributed by atoms with Crippen molar-refractivity contribution in [2.24, 2.45) is 5.73 Å². The van der Waals surface area contributed by atoms with Crippen LogP contribution in [-0.4, -0.2) is 30.9 Å². The third-order valence-corrected chi connectivity index (χ3v) is 4.66. The van der Waals surface area contributed by atoms with Crippen LogP contribution in [0, 0.1) is 0 Å². The molecule has 0 aromatic heterocycles. The maximum absolute atomic E-state index is 12.2. The predicted octanol–water partition coefficient (Wildman–Crippen LogP) is 3.15. The minimum Gasteiger partial charge on any atom is -0.453 e. The Balaban J connectivity index is 1.85. The van der Waals surface area contributed by atoms with Crippen LogP contribution in [0.15, 0.2) is 53.4 Å². The lowest BCUT2D eigenvalue weighted by atomic mass is 10.2. The molecular formula is C19H22N4O4S. The van der Waals surface area contributed by atoms with Gasteiger partial charge in [-0.25, -0.2) is 9.59 Å². The average Bonchev–Trinajstić information content (AvgIpc) is 2.68. The Kier molecular flexibility index (Phi) is 8.16. The molecule has 0 aliphatic heterocycles. The predicted molar refractivity (Wildman–Crippen MR) is 109 cm³/mol. The van der Waals surface area contributed by atoms with Crippen LogP contribution in [0.4, 0.5) is 21.0 Å². The number of anilines is 2. The molecule has 9 heteroatoms. The summed E-state index contributed by atoms with van der Waals surface area (Å²) in [5.74, 6) is 0.185. The molecule has 28 heavy (non-hydrogen) atoms. The van der Waals surface area contributed by atoms with Gasteiger partial charge in [-0.05, 0) is 29.8 Å². The highest BCUT2D eigenvalue weighted by Crippen LogP contribution is 2.27. The molecule has 0 aliphatic rings. The highest BCUT2D eigenvalue weighted by atomic mass is 32.2. The Morgan fingerprint density at radius 1 is 1.04 bits per heavy atom. The van der Waals surface area contributed by atoms with E-state index in [4.69, 9.17) is 5.73 Å². The first-order valence-corrected chi connectivity index (χ1v) is 9.45. The zero-order chi connectivity index (χ0) is 20.4. The number of methoxy groups -OCH3 is 1. The lowest BCUT2D eigenvalue weighted by molar-refractivity contribution is -0.117. The van der Waals surface area contributed by atoms with E-state index in [1.165, 1.54) is 18.9 Å². The number of hydrogen-bond donors (Lipinski definition) is 4. The van der Waals surface area contributed by atoms with Crippen molar-refractivity contribution in [1.29, 1.82) is 0 Å². The van der Waals surface area contributed by atoms with E-state index in [1.807, 2.05) is 18.2 Å². The number of para-hydroxylation sites is 1. The largest absolute Gasteiger partial charge is 0.453 e. The molecular weight excluding hydrogens is 380 g/mol. The van der Waals surface area contributed by atoms with Crippen LogP contribution in [0.3, 0.4) is 0 Å². The summed E-state index contributed by atoms with van der Waals surface area (Å²) in [6.45, 7) is 0.321. The van der Waals surface area contributed by atoms with Gasteiger partial charge in [0.05, 0.1) is 12.8 Å². The van der Waals surface area contributed by atoms with Gasteiger partial charge in [-0.15, -0.1) is 11.8 Å². The number of thioether (sulfide) groups is 1. The Labute approximate surface area is 167 Å². The molecule has 0 fully saturated rings. The third kappa shape index (κ3) is 7.20. The highest BCUT2D eigenvalue weighted by Gasteiger charge is 2.08. The van der Waals surface area contributed by atoms with Crippen molar-refractivity contribution in [3.63, 3.8) is 0 Å². The fraction of sp³-hybridized carbons (Fsp3) is 0.211. The summed E-state index contributed by atoms with van der Waals surface area (Å²) in [5, 5.41) is 8.13. The Bertz CT molecular complexity index is 827. The first kappa shape index (κ1) is 21.1. The van der Waals surface area contributed by atoms with Crippen molar-refractivity contribution in [3.8, 4) is 0 Å². The number of carbonyl (C=O) groups is 3. The van der Waals surface area contributed by atoms with Crippen LogP contribution in [-0.2, 0) is 16.1 Å². The average molecular weight is 402 g/mol. The topological polar surface area (TPSA) is 123 Å². The molecule has 0 atom stereocenters. The van der Waals surface area contributed by atoms with Crippen LogP contribution >= 0.6 is 11.8 Å². The van der Waals surface area contributed by atoms with E-state index in [0.29, 0.717) is 23.7 Å². The quantitative estimate of drug-likeness (QED) is 0.505. The van der Waals surface area contributed by atoms with Crippen molar-refractivity contribution >= 4 is 41.2 Å². The Morgan fingerprint density at radius 2 is 1.75 bits per heavy atom. The van der Waals surface area contributed by atoms with Crippen molar-refractivity contribution in [1.82, 2.24) is 5.32 Å². The summed E-state index contributed by atoms with van der Waals surface area (Å²) in [5.41, 5.74) is 7.28. The van der Waals surface area contributed by atoms with Crippen LogP contribution in [0.25, 0.3) is 0 Å². The van der Waals surface area contributed by atoms with E-state index in [0.717, 1.165) is 10.5 Å². The molecule has 4 amide bonds. The van der Waals surface area contributed by atoms with Gasteiger partial charge >= 0.3 is 12.1 Å². The number of ether oxygens (including phenoxy) is 1. The SMILES string of the molecule is COC(=O)Nc1ccc(CNC(=O)Nc2ccccc2SCCC(N)=O)cc1. The van der Waals surface area contributed by atoms with E-state index in [9.17, 15) is 14.4 Å². The zero-order valence-electron chi connectivity index (χ0n) is 15.4. The number of amides is 4. The number of primary amides is 1. The molecule has 148 valence electrons. The van der Waals surface area contributed by atoms with Gasteiger partial charge in [0.2, 0.25) is 5.91 Å². The molecule has 2 aromatic carbocycles. The lowest BCUT2D eigenvalue weighted by Gasteiger charge is -2.12. The fourth-order valence-electron chi connectivity index (χ4n) is 2.18. The minimum absolute atomic E-state index is 0.270. The summed E-state index contributed by atoms with van der Waals surface area (Å²) >= 11 is 1.45. The number of carbonyl (C=O) groups excluding carboxylic acids is 3. The van der Waals surface area contributed by atoms with Gasteiger partial charge in [-0.3, -0.25) is 10.1 Å². The van der Waals surface area contributed by atoms with E-state index >= 15 is 0 Å². The van der Waals surface area contributed by atoms with Crippen molar-refractivity contribution in [3.05, 3.63) is 54.1 Å². The number of benzene rings is 2. The van der Waals surface area contributed by atoms with Gasteiger partial charge in [0, 0.05) is 29.3 Å². The lowest BCUT2D eigenvalue weighted by Crippen LogP contribution is -2.28. The third-order valence-electron chi connectivity index (χ3n) is 3.58. The number of nitrogens with one attached hydrogen (secondary N) is 3. The van der Waals surface area contributed by atoms with Crippen molar-refractivity contribution in [2.75, 3.05) is 23.5 Å². The van der Waals surface area contributed by atoms with E-state index in [-0.39, 0.29) is 18.4 Å². The first-order valence-electron chi connectivity index (χ1n) is 8.47. The van der Waals surface area contributed by atoms with Crippen LogP contribution in [0.2, 0.25) is 0 Å². The summed E-state index contributed by atoms with van der Waals surface area (Å²) in [6.07, 6.45) is -0.274. The Morgan fingerprint density at radius 3 is 2.43 bits per heavy atom. The molecule has 8 nitrogen and oxygen atoms in total. The molecule has 0 spiro atoms. The minimum atomic E-state index is -0.544. The zero-order valence-corrected chi connectivity index (χ0v) is 16.2. The Hall–Kier alpha value is -3.20. The number of nitrogens with two attached hydrogens (primary N) is 1. The molecule has 2 rings (SSSR count). The van der Waals surface area contributed by atoms with Gasteiger partial charge < -0.3 is 21.1 Å². The normalized spacial score (nSPS) is 10.0. The summed E-state index contributed by atoms with van der Waals surface area (Å²) in [6, 6.07) is 14.0. The number of rotatable bonds is 8. The highest BCUT2D eigenvalue weighted by molar-refractivity contribution is 7.99. The molecule has 5 N–H and O–H groups in total. The van der Waals surface area contributed by atoms with Crippen LogP contribution in [0.1, 0.15) is 12.0 Å². The molecule has 0 aliphatic carbocycles. The van der Waals surface area contributed by atoms with Gasteiger partial charge in [0.1, 0.15) is 0 Å². The van der Waals surface area contributed by atoms with Crippen molar-refractivity contribution in [2.45, 2.75) is 17.9 Å². The summed E-state index contributed by atoms with van der Waals surface area (Å²) in [4.78, 5) is 35.1. The molecule has 0 bridgehead atoms. The molecule has 0 heterocycles. The van der Waals surface area contributed by atoms with Gasteiger partial charge in [0.25, 0.3) is 0 Å². The molecule has 0 saturated carbocycles. The second-order valence-electron chi connectivity index (χ2n) is 5.68. The van der Waals surface area contributed by atoms with Gasteiger partial charge in [-0.2, -0.15) is 0 Å². The number of urea groups is 1. The molecule has 0 radical (unpaired) electrons. The fourth-order valence-corrected chi connectivity index (χ4v) is 3.15. The van der Waals surface area contributed by atoms with Crippen LogP contribution < -0.4 is 21.7 Å². The summed E-state index contributed by atoms with van der Waals surface area (Å²) < 4.78 is 4.53. The smallest absolute Gasteiger partial charge is 0.411 e. The standard InChI is InChI=1S/C19H22N4O4S/c1-27-19(26)22-14-8-6-13(7-9-14)12-21-18(25)23-15-4-2-3-5-16(15)28-11-10-17(20)24/h2-9H,10-12H2,1H3,(H2,20,24)(H,22,26)(H2,21,23,25). The number of hydrogen-bond acceptors (Lipinski definition) is 5. The van der Waals surface area contributed by atoms with E-state index in [2.05, 4.69) is 20.7 Å². The molecule has 0 saturated heterocycles. The molecule has 0 unspecified atom stereocenters. The van der Waals surface area contributed by atoms with Crippen LogP contribution in [0.5, 0.6) is 0 Å². The second kappa shape index (κ2) is 10.8. The molecule has 2 aromatic rings.